The van der Waals surface area contributed by atoms with Gasteiger partial charge in [0.1, 0.15) is 5.75 Å². The lowest BCUT2D eigenvalue weighted by Gasteiger charge is -2.36. The van der Waals surface area contributed by atoms with Crippen LogP contribution in [0.15, 0.2) is 83.8 Å². The van der Waals surface area contributed by atoms with Gasteiger partial charge in [-0.2, -0.15) is 0 Å². The predicted molar refractivity (Wildman–Crippen MR) is 128 cm³/mol. The van der Waals surface area contributed by atoms with E-state index in [1.807, 2.05) is 54.6 Å². The Bertz CT molecular complexity index is 1210. The highest BCUT2D eigenvalue weighted by atomic mass is 32.2. The molecule has 0 radical (unpaired) electrons. The average Bonchev–Trinajstić information content (AvgIpc) is 2.88. The lowest BCUT2D eigenvalue weighted by Crippen LogP contribution is -2.48. The molecule has 3 aromatic rings. The standard InChI is InChI=1S/C25H27N3O4S/c1-32-24-13-6-5-12-23(24)27-14-16-28(17-15-27)25(29)21-10-7-11-22(18-21)33(30,31)26-19-20-8-3-2-4-9-20/h2-13,18,26H,14-17,19H2,1H3. The highest BCUT2D eigenvalue weighted by Crippen LogP contribution is 2.28. The number of hydrogen-bond donors (Lipinski definition) is 1. The molecule has 1 N–H and O–H groups in total. The number of nitrogens with one attached hydrogen (secondary N) is 1. The summed E-state index contributed by atoms with van der Waals surface area (Å²) < 4.78 is 33.6. The van der Waals surface area contributed by atoms with Gasteiger partial charge in [0.25, 0.3) is 5.91 Å². The summed E-state index contributed by atoms with van der Waals surface area (Å²) in [6.07, 6.45) is 0. The molecule has 0 spiro atoms. The highest BCUT2D eigenvalue weighted by Gasteiger charge is 2.25. The van der Waals surface area contributed by atoms with E-state index in [4.69, 9.17) is 4.74 Å². The molecule has 172 valence electrons. The van der Waals surface area contributed by atoms with Crippen LogP contribution in [0.1, 0.15) is 15.9 Å². The molecule has 0 unspecified atom stereocenters. The fraction of sp³-hybridized carbons (Fsp3) is 0.240. The van der Waals surface area contributed by atoms with Crippen molar-refractivity contribution in [1.82, 2.24) is 9.62 Å². The number of carbonyl (C=O) groups is 1. The van der Waals surface area contributed by atoms with Crippen LogP contribution in [0.2, 0.25) is 0 Å². The number of para-hydroxylation sites is 2. The van der Waals surface area contributed by atoms with Gasteiger partial charge < -0.3 is 14.5 Å². The Hall–Kier alpha value is -3.36. The van der Waals surface area contributed by atoms with Gasteiger partial charge in [0.2, 0.25) is 10.0 Å². The average molecular weight is 466 g/mol. The summed E-state index contributed by atoms with van der Waals surface area (Å²) in [6.45, 7) is 2.61. The van der Waals surface area contributed by atoms with Gasteiger partial charge in [-0.3, -0.25) is 4.79 Å². The minimum Gasteiger partial charge on any atom is -0.495 e. The van der Waals surface area contributed by atoms with Crippen molar-refractivity contribution in [2.45, 2.75) is 11.4 Å². The molecule has 0 aromatic heterocycles. The number of ether oxygens (including phenoxy) is 1. The lowest BCUT2D eigenvalue weighted by molar-refractivity contribution is 0.0746. The Balaban J connectivity index is 1.42. The Labute approximate surface area is 194 Å². The number of anilines is 1. The van der Waals surface area contributed by atoms with Gasteiger partial charge >= 0.3 is 0 Å². The number of methoxy groups -OCH3 is 1. The van der Waals surface area contributed by atoms with Crippen molar-refractivity contribution < 1.29 is 17.9 Å². The molecule has 7 nitrogen and oxygen atoms in total. The van der Waals surface area contributed by atoms with Gasteiger partial charge in [-0.15, -0.1) is 0 Å². The molecule has 1 saturated heterocycles. The van der Waals surface area contributed by atoms with Gasteiger partial charge in [-0.25, -0.2) is 13.1 Å². The zero-order chi connectivity index (χ0) is 23.3. The van der Waals surface area contributed by atoms with Gasteiger partial charge in [0.05, 0.1) is 17.7 Å². The molecule has 0 bridgehead atoms. The molecule has 1 amide bonds. The number of nitrogens with zero attached hydrogens (tertiary/aromatic N) is 2. The Morgan fingerprint density at radius 1 is 0.909 bits per heavy atom. The minimum atomic E-state index is -3.74. The van der Waals surface area contributed by atoms with E-state index in [-0.39, 0.29) is 17.3 Å². The van der Waals surface area contributed by atoms with Crippen molar-refractivity contribution in [1.29, 1.82) is 0 Å². The zero-order valence-corrected chi connectivity index (χ0v) is 19.3. The van der Waals surface area contributed by atoms with Crippen molar-refractivity contribution in [2.24, 2.45) is 0 Å². The maximum absolute atomic E-state index is 13.1. The van der Waals surface area contributed by atoms with Crippen LogP contribution in [0.3, 0.4) is 0 Å². The van der Waals surface area contributed by atoms with Crippen molar-refractivity contribution in [3.05, 3.63) is 90.0 Å². The van der Waals surface area contributed by atoms with Crippen LogP contribution in [0.5, 0.6) is 5.75 Å². The normalized spacial score (nSPS) is 14.2. The number of benzene rings is 3. The van der Waals surface area contributed by atoms with Crippen LogP contribution in [0, 0.1) is 0 Å². The molecular formula is C25H27N3O4S. The van der Waals surface area contributed by atoms with Crippen molar-refractivity contribution in [3.8, 4) is 5.75 Å². The Morgan fingerprint density at radius 2 is 1.61 bits per heavy atom. The molecule has 1 aliphatic heterocycles. The number of rotatable bonds is 7. The third-order valence-electron chi connectivity index (χ3n) is 5.69. The molecule has 1 heterocycles. The predicted octanol–water partition coefficient (Wildman–Crippen LogP) is 3.14. The second-order valence-corrected chi connectivity index (χ2v) is 9.56. The van der Waals surface area contributed by atoms with E-state index in [0.717, 1.165) is 17.0 Å². The molecular weight excluding hydrogens is 438 g/mol. The number of amides is 1. The van der Waals surface area contributed by atoms with Gasteiger partial charge in [0, 0.05) is 38.3 Å². The highest BCUT2D eigenvalue weighted by molar-refractivity contribution is 7.89. The van der Waals surface area contributed by atoms with Crippen molar-refractivity contribution >= 4 is 21.6 Å². The van der Waals surface area contributed by atoms with Crippen LogP contribution >= 0.6 is 0 Å². The number of piperazine rings is 1. The van der Waals surface area contributed by atoms with Gasteiger partial charge in [-0.05, 0) is 35.9 Å². The fourth-order valence-corrected chi connectivity index (χ4v) is 4.94. The van der Waals surface area contributed by atoms with Crippen LogP contribution in [0.4, 0.5) is 5.69 Å². The van der Waals surface area contributed by atoms with E-state index >= 15 is 0 Å². The molecule has 0 atom stereocenters. The maximum atomic E-state index is 13.1. The van der Waals surface area contributed by atoms with E-state index in [1.165, 1.54) is 12.1 Å². The maximum Gasteiger partial charge on any atom is 0.254 e. The number of sulfonamides is 1. The Morgan fingerprint density at radius 3 is 2.33 bits per heavy atom. The summed E-state index contributed by atoms with van der Waals surface area (Å²) in [5, 5.41) is 0. The third-order valence-corrected chi connectivity index (χ3v) is 7.09. The molecule has 33 heavy (non-hydrogen) atoms. The first-order valence-corrected chi connectivity index (χ1v) is 12.3. The first-order valence-electron chi connectivity index (χ1n) is 10.8. The fourth-order valence-electron chi connectivity index (χ4n) is 3.88. The number of hydrogen-bond acceptors (Lipinski definition) is 5. The topological polar surface area (TPSA) is 79.0 Å². The number of carbonyl (C=O) groups excluding carboxylic acids is 1. The quantitative estimate of drug-likeness (QED) is 0.580. The van der Waals surface area contributed by atoms with E-state index in [9.17, 15) is 13.2 Å². The molecule has 0 saturated carbocycles. The Kier molecular flexibility index (Phi) is 6.96. The minimum absolute atomic E-state index is 0.0805. The van der Waals surface area contributed by atoms with Crippen LogP contribution in [-0.2, 0) is 16.6 Å². The molecule has 1 aliphatic rings. The van der Waals surface area contributed by atoms with Crippen LogP contribution in [-0.4, -0.2) is 52.5 Å². The summed E-state index contributed by atoms with van der Waals surface area (Å²) >= 11 is 0. The van der Waals surface area contributed by atoms with Crippen molar-refractivity contribution in [3.63, 3.8) is 0 Å². The molecule has 1 fully saturated rings. The lowest BCUT2D eigenvalue weighted by atomic mass is 10.1. The van der Waals surface area contributed by atoms with Gasteiger partial charge in [-0.1, -0.05) is 48.5 Å². The second kappa shape index (κ2) is 10.1. The summed E-state index contributed by atoms with van der Waals surface area (Å²) in [5.74, 6) is 0.632. The van der Waals surface area contributed by atoms with E-state index in [1.54, 1.807) is 24.1 Å². The molecule has 3 aromatic carbocycles. The zero-order valence-electron chi connectivity index (χ0n) is 18.5. The van der Waals surface area contributed by atoms with E-state index in [2.05, 4.69) is 9.62 Å². The monoisotopic (exact) mass is 465 g/mol. The SMILES string of the molecule is COc1ccccc1N1CCN(C(=O)c2cccc(S(=O)(=O)NCc3ccccc3)c2)CC1. The first-order chi connectivity index (χ1) is 16.0. The van der Waals surface area contributed by atoms with Crippen molar-refractivity contribution in [2.75, 3.05) is 38.2 Å². The first kappa shape index (κ1) is 22.8. The molecule has 8 heteroatoms. The summed E-state index contributed by atoms with van der Waals surface area (Å²) in [7, 11) is -2.09. The summed E-state index contributed by atoms with van der Waals surface area (Å²) in [4.78, 5) is 17.1. The molecule has 4 rings (SSSR count). The largest absolute Gasteiger partial charge is 0.495 e. The smallest absolute Gasteiger partial charge is 0.254 e. The van der Waals surface area contributed by atoms with Gasteiger partial charge in [0.15, 0.2) is 0 Å². The second-order valence-electron chi connectivity index (χ2n) is 7.79. The van der Waals surface area contributed by atoms with Crippen LogP contribution in [0.25, 0.3) is 0 Å². The van der Waals surface area contributed by atoms with E-state index in [0.29, 0.717) is 31.7 Å². The summed E-state index contributed by atoms with van der Waals surface area (Å²) in [6, 6.07) is 23.3. The summed E-state index contributed by atoms with van der Waals surface area (Å²) in [5.41, 5.74) is 2.23. The van der Waals surface area contributed by atoms with E-state index < -0.39 is 10.0 Å². The van der Waals surface area contributed by atoms with Crippen LogP contribution < -0.4 is 14.4 Å². The third kappa shape index (κ3) is 5.35. The molecule has 0 aliphatic carbocycles.